The second-order valence-electron chi connectivity index (χ2n) is 3.69. The van der Waals surface area contributed by atoms with Gasteiger partial charge in [0.25, 0.3) is 0 Å². The standard InChI is InChI=1S/C12H14FN3/c1-9-12(8-16(15-9)7-6-14)10-2-4-11(13)5-3-10/h2-5,8H,6-7,14H2,1H3. The lowest BCUT2D eigenvalue weighted by molar-refractivity contribution is 0.620. The van der Waals surface area contributed by atoms with Crippen molar-refractivity contribution in [1.29, 1.82) is 0 Å². The minimum absolute atomic E-state index is 0.226. The van der Waals surface area contributed by atoms with Gasteiger partial charge in [-0.1, -0.05) is 12.1 Å². The molecule has 0 fully saturated rings. The van der Waals surface area contributed by atoms with Gasteiger partial charge >= 0.3 is 0 Å². The summed E-state index contributed by atoms with van der Waals surface area (Å²) >= 11 is 0. The fraction of sp³-hybridized carbons (Fsp3) is 0.250. The Kier molecular flexibility index (Phi) is 3.01. The van der Waals surface area contributed by atoms with Crippen LogP contribution in [0.5, 0.6) is 0 Å². The van der Waals surface area contributed by atoms with Crippen molar-refractivity contribution >= 4 is 0 Å². The molecule has 0 saturated heterocycles. The van der Waals surface area contributed by atoms with E-state index in [1.165, 1.54) is 12.1 Å². The lowest BCUT2D eigenvalue weighted by atomic mass is 10.1. The topological polar surface area (TPSA) is 43.8 Å². The lowest BCUT2D eigenvalue weighted by Gasteiger charge is -1.98. The van der Waals surface area contributed by atoms with Crippen LogP contribution in [-0.4, -0.2) is 16.3 Å². The molecule has 0 amide bonds. The maximum absolute atomic E-state index is 12.8. The Morgan fingerprint density at radius 1 is 1.31 bits per heavy atom. The monoisotopic (exact) mass is 219 g/mol. The molecule has 0 aliphatic heterocycles. The minimum Gasteiger partial charge on any atom is -0.329 e. The van der Waals surface area contributed by atoms with E-state index in [4.69, 9.17) is 5.73 Å². The van der Waals surface area contributed by atoms with Gasteiger partial charge in [0.05, 0.1) is 12.2 Å². The molecule has 0 atom stereocenters. The molecule has 2 aromatic rings. The predicted octanol–water partition coefficient (Wildman–Crippen LogP) is 1.96. The van der Waals surface area contributed by atoms with E-state index in [1.807, 2.05) is 17.8 Å². The molecule has 4 heteroatoms. The summed E-state index contributed by atoms with van der Waals surface area (Å²) in [6.07, 6.45) is 1.94. The third kappa shape index (κ3) is 2.12. The van der Waals surface area contributed by atoms with E-state index in [9.17, 15) is 4.39 Å². The second kappa shape index (κ2) is 4.45. The van der Waals surface area contributed by atoms with Crippen LogP contribution in [0, 0.1) is 12.7 Å². The Morgan fingerprint density at radius 2 is 2.00 bits per heavy atom. The van der Waals surface area contributed by atoms with E-state index in [0.717, 1.165) is 16.8 Å². The van der Waals surface area contributed by atoms with Crippen LogP contribution in [0.2, 0.25) is 0 Å². The predicted molar refractivity (Wildman–Crippen MR) is 61.4 cm³/mol. The van der Waals surface area contributed by atoms with E-state index in [0.29, 0.717) is 13.1 Å². The second-order valence-corrected chi connectivity index (χ2v) is 3.69. The molecule has 0 radical (unpaired) electrons. The molecule has 16 heavy (non-hydrogen) atoms. The summed E-state index contributed by atoms with van der Waals surface area (Å²) in [5.41, 5.74) is 8.39. The normalized spacial score (nSPS) is 10.7. The lowest BCUT2D eigenvalue weighted by Crippen LogP contribution is -2.10. The van der Waals surface area contributed by atoms with Crippen LogP contribution >= 0.6 is 0 Å². The molecule has 0 spiro atoms. The number of halogens is 1. The molecule has 84 valence electrons. The van der Waals surface area contributed by atoms with E-state index in [-0.39, 0.29) is 5.82 Å². The molecule has 0 saturated carbocycles. The van der Waals surface area contributed by atoms with Gasteiger partial charge in [0.1, 0.15) is 5.82 Å². The molecule has 0 unspecified atom stereocenters. The van der Waals surface area contributed by atoms with Gasteiger partial charge in [-0.25, -0.2) is 4.39 Å². The zero-order valence-corrected chi connectivity index (χ0v) is 9.15. The van der Waals surface area contributed by atoms with Crippen molar-refractivity contribution in [2.24, 2.45) is 5.73 Å². The highest BCUT2D eigenvalue weighted by atomic mass is 19.1. The van der Waals surface area contributed by atoms with Crippen molar-refractivity contribution in [3.8, 4) is 11.1 Å². The Morgan fingerprint density at radius 3 is 2.62 bits per heavy atom. The Bertz CT molecular complexity index is 474. The van der Waals surface area contributed by atoms with Gasteiger partial charge in [0.15, 0.2) is 0 Å². The molecule has 0 bridgehead atoms. The van der Waals surface area contributed by atoms with Crippen LogP contribution < -0.4 is 5.73 Å². The van der Waals surface area contributed by atoms with Crippen molar-refractivity contribution in [3.05, 3.63) is 42.0 Å². The van der Waals surface area contributed by atoms with Gasteiger partial charge in [-0.15, -0.1) is 0 Å². The van der Waals surface area contributed by atoms with Gasteiger partial charge in [-0.3, -0.25) is 4.68 Å². The first-order chi connectivity index (χ1) is 7.70. The van der Waals surface area contributed by atoms with Crippen molar-refractivity contribution in [2.45, 2.75) is 13.5 Å². The average Bonchev–Trinajstić information content (AvgIpc) is 2.61. The number of hydrogen-bond acceptors (Lipinski definition) is 2. The molecular weight excluding hydrogens is 205 g/mol. The van der Waals surface area contributed by atoms with Gasteiger partial charge in [-0.05, 0) is 24.6 Å². The summed E-state index contributed by atoms with van der Waals surface area (Å²) in [5.74, 6) is -0.226. The quantitative estimate of drug-likeness (QED) is 0.857. The molecule has 0 aliphatic rings. The summed E-state index contributed by atoms with van der Waals surface area (Å²) in [6.45, 7) is 3.19. The molecule has 1 heterocycles. The third-order valence-electron chi connectivity index (χ3n) is 2.46. The molecular formula is C12H14FN3. The van der Waals surface area contributed by atoms with Crippen molar-refractivity contribution in [3.63, 3.8) is 0 Å². The van der Waals surface area contributed by atoms with E-state index < -0.39 is 0 Å². The maximum atomic E-state index is 12.8. The van der Waals surface area contributed by atoms with Crippen LogP contribution in [0.3, 0.4) is 0 Å². The Labute approximate surface area is 93.7 Å². The number of nitrogens with two attached hydrogens (primary N) is 1. The smallest absolute Gasteiger partial charge is 0.123 e. The minimum atomic E-state index is -0.226. The van der Waals surface area contributed by atoms with Crippen molar-refractivity contribution in [2.75, 3.05) is 6.54 Å². The first-order valence-electron chi connectivity index (χ1n) is 5.21. The van der Waals surface area contributed by atoms with Gasteiger partial charge in [0.2, 0.25) is 0 Å². The van der Waals surface area contributed by atoms with Crippen LogP contribution in [0.1, 0.15) is 5.69 Å². The highest BCUT2D eigenvalue weighted by Gasteiger charge is 2.06. The fourth-order valence-corrected chi connectivity index (χ4v) is 1.68. The van der Waals surface area contributed by atoms with Crippen LogP contribution in [0.25, 0.3) is 11.1 Å². The van der Waals surface area contributed by atoms with Crippen LogP contribution in [0.15, 0.2) is 30.5 Å². The molecule has 3 nitrogen and oxygen atoms in total. The fourth-order valence-electron chi connectivity index (χ4n) is 1.68. The SMILES string of the molecule is Cc1nn(CCN)cc1-c1ccc(F)cc1. The van der Waals surface area contributed by atoms with Gasteiger partial charge < -0.3 is 5.73 Å². The average molecular weight is 219 g/mol. The number of benzene rings is 1. The molecule has 2 rings (SSSR count). The van der Waals surface area contributed by atoms with E-state index in [2.05, 4.69) is 5.10 Å². The zero-order valence-electron chi connectivity index (χ0n) is 9.15. The number of hydrogen-bond donors (Lipinski definition) is 1. The number of nitrogens with zero attached hydrogens (tertiary/aromatic N) is 2. The highest BCUT2D eigenvalue weighted by Crippen LogP contribution is 2.22. The van der Waals surface area contributed by atoms with Crippen molar-refractivity contribution in [1.82, 2.24) is 9.78 Å². The summed E-state index contributed by atoms with van der Waals surface area (Å²) in [5, 5.41) is 4.34. The van der Waals surface area contributed by atoms with E-state index >= 15 is 0 Å². The first kappa shape index (κ1) is 10.8. The summed E-state index contributed by atoms with van der Waals surface area (Å²) in [6, 6.07) is 6.42. The summed E-state index contributed by atoms with van der Waals surface area (Å²) in [4.78, 5) is 0. The first-order valence-corrected chi connectivity index (χ1v) is 5.21. The Hall–Kier alpha value is -1.68. The van der Waals surface area contributed by atoms with Crippen molar-refractivity contribution < 1.29 is 4.39 Å². The maximum Gasteiger partial charge on any atom is 0.123 e. The largest absolute Gasteiger partial charge is 0.329 e. The molecule has 0 aliphatic carbocycles. The summed E-state index contributed by atoms with van der Waals surface area (Å²) < 4.78 is 14.6. The van der Waals surface area contributed by atoms with Crippen LogP contribution in [-0.2, 0) is 6.54 Å². The highest BCUT2D eigenvalue weighted by molar-refractivity contribution is 5.64. The number of aryl methyl sites for hydroxylation is 1. The molecule has 2 N–H and O–H groups in total. The number of aromatic nitrogens is 2. The van der Waals surface area contributed by atoms with Crippen LogP contribution in [0.4, 0.5) is 4.39 Å². The van der Waals surface area contributed by atoms with Gasteiger partial charge in [0, 0.05) is 18.3 Å². The molecule has 1 aromatic carbocycles. The Balaban J connectivity index is 2.36. The van der Waals surface area contributed by atoms with Gasteiger partial charge in [-0.2, -0.15) is 5.10 Å². The summed E-state index contributed by atoms with van der Waals surface area (Å²) in [7, 11) is 0. The van der Waals surface area contributed by atoms with E-state index in [1.54, 1.807) is 12.1 Å². The zero-order chi connectivity index (χ0) is 11.5. The molecule has 1 aromatic heterocycles. The third-order valence-corrected chi connectivity index (χ3v) is 2.46. The number of rotatable bonds is 3.